The number of hydrogen-bond donors (Lipinski definition) is 0. The summed E-state index contributed by atoms with van der Waals surface area (Å²) in [6.45, 7) is 3.80. The molecule has 0 heterocycles. The molecular weight excluding hydrogens is 147 g/mol. The average molecular weight is 155 g/mol. The summed E-state index contributed by atoms with van der Waals surface area (Å²) in [7, 11) is -2.39. The Morgan fingerprint density at radius 3 is 2.30 bits per heavy atom. The van der Waals surface area contributed by atoms with Gasteiger partial charge < -0.3 is 0 Å². The van der Waals surface area contributed by atoms with Gasteiger partial charge >= 0.3 is 0 Å². The van der Waals surface area contributed by atoms with Crippen LogP contribution in [-0.2, 0) is 9.13 Å². The topological polar surface area (TPSA) is 34.1 Å². The summed E-state index contributed by atoms with van der Waals surface area (Å²) < 4.78 is 20.8. The van der Waals surface area contributed by atoms with Crippen molar-refractivity contribution in [2.45, 2.75) is 13.8 Å². The van der Waals surface area contributed by atoms with E-state index in [-0.39, 0.29) is 0 Å². The highest BCUT2D eigenvalue weighted by Crippen LogP contribution is 2.12. The van der Waals surface area contributed by atoms with Crippen LogP contribution in [0.25, 0.3) is 0 Å². The summed E-state index contributed by atoms with van der Waals surface area (Å²) >= 11 is 0. The molecule has 2 nitrogen and oxygen atoms in total. The monoisotopic (exact) mass is 155 g/mol. The van der Waals surface area contributed by atoms with Gasteiger partial charge in [-0.25, -0.2) is 9.13 Å². The van der Waals surface area contributed by atoms with Gasteiger partial charge in [-0.2, -0.15) is 23.3 Å². The lowest BCUT2D eigenvalue weighted by Crippen LogP contribution is -1.82. The van der Waals surface area contributed by atoms with E-state index in [1.807, 2.05) is 13.8 Å². The zero-order valence-corrected chi connectivity index (χ0v) is 6.81. The zero-order valence-electron chi connectivity index (χ0n) is 5.92. The summed E-state index contributed by atoms with van der Waals surface area (Å²) in [5, 5.41) is 0.421. The van der Waals surface area contributed by atoms with E-state index in [9.17, 15) is 9.13 Å². The highest BCUT2D eigenvalue weighted by molar-refractivity contribution is 7.40. The largest absolute Gasteiger partial charge is 0.280 e. The van der Waals surface area contributed by atoms with Crippen LogP contribution >= 0.6 is 7.68 Å². The van der Waals surface area contributed by atoms with E-state index in [2.05, 4.69) is 0 Å². The van der Waals surface area contributed by atoms with Crippen LogP contribution in [0.4, 0.5) is 0 Å². The Morgan fingerprint density at radius 2 is 2.10 bits per heavy atom. The third-order valence-electron chi connectivity index (χ3n) is 1.56. The minimum absolute atomic E-state index is 0.421. The molecule has 0 saturated carbocycles. The fraction of sp³-hybridized carbons (Fsp3) is 0.286. The molecule has 0 amide bonds. The van der Waals surface area contributed by atoms with Gasteiger partial charge in [0.25, 0.3) is 7.68 Å². The molecule has 0 aliphatic carbocycles. The molecule has 0 fully saturated rings. The minimum atomic E-state index is -2.39. The first kappa shape index (κ1) is 7.36. The standard InChI is InChI=1S/C7H8O2P/c1-5-3-7(10(8)9)4-6(5)2/h3-4H,1-2H3/q-1. The molecule has 10 heavy (non-hydrogen) atoms. The Kier molecular flexibility index (Phi) is 1.82. The van der Waals surface area contributed by atoms with E-state index in [1.165, 1.54) is 0 Å². The van der Waals surface area contributed by atoms with Crippen molar-refractivity contribution in [2.24, 2.45) is 0 Å². The zero-order chi connectivity index (χ0) is 7.72. The molecule has 3 heteroatoms. The lowest BCUT2D eigenvalue weighted by molar-refractivity contribution is 0.523. The second-order valence-corrected chi connectivity index (χ2v) is 3.37. The van der Waals surface area contributed by atoms with E-state index >= 15 is 0 Å². The first-order chi connectivity index (χ1) is 4.61. The van der Waals surface area contributed by atoms with E-state index in [0.29, 0.717) is 5.30 Å². The Labute approximate surface area is 60.1 Å². The summed E-state index contributed by atoms with van der Waals surface area (Å²) in [4.78, 5) is 0. The van der Waals surface area contributed by atoms with Gasteiger partial charge in [0.2, 0.25) is 0 Å². The summed E-state index contributed by atoms with van der Waals surface area (Å²) in [5.74, 6) is 0. The lowest BCUT2D eigenvalue weighted by atomic mass is 10.2. The van der Waals surface area contributed by atoms with Crippen LogP contribution in [0.2, 0.25) is 0 Å². The third-order valence-corrected chi connectivity index (χ3v) is 2.24. The Morgan fingerprint density at radius 1 is 1.50 bits per heavy atom. The maximum Gasteiger partial charge on any atom is 0.280 e. The van der Waals surface area contributed by atoms with Gasteiger partial charge in [-0.15, -0.1) is 0 Å². The predicted molar refractivity (Wildman–Crippen MR) is 39.4 cm³/mol. The number of aryl methyl sites for hydroxylation is 2. The fourth-order valence-electron chi connectivity index (χ4n) is 0.818. The summed E-state index contributed by atoms with van der Waals surface area (Å²) in [6, 6.07) is 3.36. The molecule has 0 aliphatic rings. The van der Waals surface area contributed by atoms with Crippen molar-refractivity contribution in [1.29, 1.82) is 0 Å². The van der Waals surface area contributed by atoms with E-state index in [0.717, 1.165) is 11.1 Å². The third kappa shape index (κ3) is 1.22. The Hall–Kier alpha value is -0.750. The molecular formula is C7H8O2P-. The van der Waals surface area contributed by atoms with Gasteiger partial charge in [0.1, 0.15) is 0 Å². The molecule has 0 radical (unpaired) electrons. The van der Waals surface area contributed by atoms with Crippen molar-refractivity contribution in [1.82, 2.24) is 0 Å². The highest BCUT2D eigenvalue weighted by atomic mass is 31.1. The van der Waals surface area contributed by atoms with E-state index < -0.39 is 7.68 Å². The molecule has 0 aromatic heterocycles. The Bertz CT molecular complexity index is 280. The van der Waals surface area contributed by atoms with Gasteiger partial charge in [-0.3, -0.25) is 0 Å². The van der Waals surface area contributed by atoms with Gasteiger partial charge in [0, 0.05) is 0 Å². The molecule has 0 spiro atoms. The quantitative estimate of drug-likeness (QED) is 0.458. The van der Waals surface area contributed by atoms with Gasteiger partial charge in [0.15, 0.2) is 0 Å². The highest BCUT2D eigenvalue weighted by Gasteiger charge is 1.91. The van der Waals surface area contributed by atoms with Gasteiger partial charge in [0.05, 0.1) is 0 Å². The number of hydrogen-bond acceptors (Lipinski definition) is 2. The molecule has 0 unspecified atom stereocenters. The van der Waals surface area contributed by atoms with Crippen LogP contribution in [0.5, 0.6) is 0 Å². The van der Waals surface area contributed by atoms with Crippen LogP contribution in [0.1, 0.15) is 11.1 Å². The van der Waals surface area contributed by atoms with Crippen molar-refractivity contribution in [3.8, 4) is 0 Å². The van der Waals surface area contributed by atoms with E-state index in [1.54, 1.807) is 12.1 Å². The predicted octanol–water partition coefficient (Wildman–Crippen LogP) is 1.82. The van der Waals surface area contributed by atoms with Crippen LogP contribution < -0.4 is 5.30 Å². The van der Waals surface area contributed by atoms with Crippen LogP contribution in [0, 0.1) is 13.8 Å². The molecule has 0 saturated heterocycles. The molecule has 1 aromatic carbocycles. The fourth-order valence-corrected chi connectivity index (χ4v) is 1.42. The average Bonchev–Trinajstić information content (AvgIpc) is 2.13. The number of rotatable bonds is 1. The van der Waals surface area contributed by atoms with Crippen molar-refractivity contribution in [3.05, 3.63) is 23.3 Å². The van der Waals surface area contributed by atoms with Gasteiger partial charge in [-0.1, -0.05) is 19.2 Å². The first-order valence-electron chi connectivity index (χ1n) is 2.99. The van der Waals surface area contributed by atoms with Crippen molar-refractivity contribution >= 4 is 13.0 Å². The molecule has 0 aliphatic heterocycles. The maximum absolute atomic E-state index is 10.4. The van der Waals surface area contributed by atoms with Crippen molar-refractivity contribution in [2.75, 3.05) is 0 Å². The smallest absolute Gasteiger partial charge is 0.247 e. The van der Waals surface area contributed by atoms with Gasteiger partial charge in [-0.05, 0) is 0 Å². The molecule has 1 aromatic rings. The molecule has 1 rings (SSSR count). The minimum Gasteiger partial charge on any atom is -0.247 e. The molecule has 0 atom stereocenters. The van der Waals surface area contributed by atoms with Crippen LogP contribution in [0.3, 0.4) is 0 Å². The van der Waals surface area contributed by atoms with Crippen LogP contribution in [-0.4, -0.2) is 0 Å². The summed E-state index contributed by atoms with van der Waals surface area (Å²) in [5.41, 5.74) is 2.07. The lowest BCUT2D eigenvalue weighted by Gasteiger charge is -1.91. The van der Waals surface area contributed by atoms with Crippen LogP contribution in [0.15, 0.2) is 12.1 Å². The normalized spacial score (nSPS) is 9.80. The molecule has 0 bridgehead atoms. The first-order valence-corrected chi connectivity index (χ1v) is 4.17. The molecule has 0 N–H and O–H groups in total. The second kappa shape index (κ2) is 2.47. The van der Waals surface area contributed by atoms with Crippen molar-refractivity contribution < 1.29 is 9.13 Å². The van der Waals surface area contributed by atoms with Crippen molar-refractivity contribution in [3.63, 3.8) is 0 Å². The summed E-state index contributed by atoms with van der Waals surface area (Å²) in [6.07, 6.45) is 0. The second-order valence-electron chi connectivity index (χ2n) is 2.34. The molecule has 54 valence electrons. The Balaban J connectivity index is 3.22. The maximum atomic E-state index is 10.4. The SMILES string of the molecule is Cc1cc(P(=O)=O)c[c-]1C. The van der Waals surface area contributed by atoms with E-state index in [4.69, 9.17) is 0 Å².